The van der Waals surface area contributed by atoms with Gasteiger partial charge < -0.3 is 15.0 Å². The summed E-state index contributed by atoms with van der Waals surface area (Å²) in [4.78, 5) is 25.7. The highest BCUT2D eigenvalue weighted by molar-refractivity contribution is 6.34. The van der Waals surface area contributed by atoms with Gasteiger partial charge in [-0.2, -0.15) is 0 Å². The molecule has 0 bridgehead atoms. The van der Waals surface area contributed by atoms with Gasteiger partial charge in [-0.15, -0.1) is 0 Å². The van der Waals surface area contributed by atoms with Gasteiger partial charge in [-0.05, 0) is 44.9 Å². The van der Waals surface area contributed by atoms with Crippen molar-refractivity contribution in [1.82, 2.24) is 4.90 Å². The molecule has 1 aliphatic heterocycles. The summed E-state index contributed by atoms with van der Waals surface area (Å²) in [6, 6.07) is 5.03. The van der Waals surface area contributed by atoms with Crippen LogP contribution in [-0.2, 0) is 9.53 Å². The molecule has 1 aromatic carbocycles. The van der Waals surface area contributed by atoms with Crippen molar-refractivity contribution in [2.45, 2.75) is 45.3 Å². The van der Waals surface area contributed by atoms with E-state index in [1.165, 1.54) is 6.92 Å². The van der Waals surface area contributed by atoms with Gasteiger partial charge in [0.1, 0.15) is 0 Å². The molecule has 5 nitrogen and oxygen atoms in total. The summed E-state index contributed by atoms with van der Waals surface area (Å²) in [5, 5.41) is 3.05. The van der Waals surface area contributed by atoms with Crippen LogP contribution >= 0.6 is 11.6 Å². The number of rotatable bonds is 3. The first-order chi connectivity index (χ1) is 10.7. The molecule has 0 aromatic heterocycles. The third-order valence-electron chi connectivity index (χ3n) is 4.06. The molecule has 23 heavy (non-hydrogen) atoms. The number of carbonyl (C=O) groups is 2. The molecule has 1 N–H and O–H groups in total. The maximum atomic E-state index is 12.8. The van der Waals surface area contributed by atoms with Crippen molar-refractivity contribution in [3.8, 4) is 0 Å². The monoisotopic (exact) mass is 338 g/mol. The van der Waals surface area contributed by atoms with Gasteiger partial charge >= 0.3 is 0 Å². The zero-order valence-electron chi connectivity index (χ0n) is 14.0. The Labute approximate surface area is 141 Å². The molecule has 0 spiro atoms. The minimum absolute atomic E-state index is 0.103. The largest absolute Gasteiger partial charge is 0.375 e. The van der Waals surface area contributed by atoms with Gasteiger partial charge in [-0.25, -0.2) is 0 Å². The number of anilines is 1. The molecule has 1 aromatic rings. The van der Waals surface area contributed by atoms with E-state index in [1.54, 1.807) is 30.1 Å². The molecule has 0 aliphatic carbocycles. The van der Waals surface area contributed by atoms with Crippen molar-refractivity contribution >= 4 is 29.1 Å². The first-order valence-corrected chi connectivity index (χ1v) is 8.06. The van der Waals surface area contributed by atoms with E-state index in [0.29, 0.717) is 22.9 Å². The van der Waals surface area contributed by atoms with E-state index in [-0.39, 0.29) is 23.5 Å². The lowest BCUT2D eigenvalue weighted by Gasteiger charge is -2.39. The second-order valence-electron chi connectivity index (χ2n) is 6.55. The van der Waals surface area contributed by atoms with Crippen LogP contribution in [0.1, 0.15) is 44.0 Å². The Morgan fingerprint density at radius 3 is 2.70 bits per heavy atom. The number of halogens is 1. The predicted molar refractivity (Wildman–Crippen MR) is 90.9 cm³/mol. The molecule has 2 amide bonds. The standard InChI is InChI=1S/C17H23ClN2O3/c1-11(21)19-12-5-6-15(18)14(9-12)16(22)20(4)13-7-8-23-17(2,3)10-13/h5-6,9,13H,7-8,10H2,1-4H3,(H,19,21)/t13-/m0/s1. The Morgan fingerprint density at radius 1 is 1.39 bits per heavy atom. The van der Waals surface area contributed by atoms with Gasteiger partial charge in [-0.3, -0.25) is 9.59 Å². The summed E-state index contributed by atoms with van der Waals surface area (Å²) in [5.41, 5.74) is 0.718. The molecular formula is C17H23ClN2O3. The average molecular weight is 339 g/mol. The van der Waals surface area contributed by atoms with E-state index in [4.69, 9.17) is 16.3 Å². The molecular weight excluding hydrogens is 316 g/mol. The molecule has 126 valence electrons. The van der Waals surface area contributed by atoms with Gasteiger partial charge in [0.25, 0.3) is 5.91 Å². The number of amides is 2. The number of hydrogen-bond donors (Lipinski definition) is 1. The third-order valence-corrected chi connectivity index (χ3v) is 4.39. The maximum Gasteiger partial charge on any atom is 0.255 e. The molecule has 0 unspecified atom stereocenters. The average Bonchev–Trinajstić information content (AvgIpc) is 2.46. The summed E-state index contributed by atoms with van der Waals surface area (Å²) in [6.07, 6.45) is 1.58. The summed E-state index contributed by atoms with van der Waals surface area (Å²) in [5.74, 6) is -0.338. The normalized spacial score (nSPS) is 20.0. The zero-order valence-corrected chi connectivity index (χ0v) is 14.7. The molecule has 1 saturated heterocycles. The lowest BCUT2D eigenvalue weighted by Crippen LogP contribution is -2.46. The fourth-order valence-electron chi connectivity index (χ4n) is 2.86. The smallest absolute Gasteiger partial charge is 0.255 e. The summed E-state index contributed by atoms with van der Waals surface area (Å²) >= 11 is 6.18. The Hall–Kier alpha value is -1.59. The van der Waals surface area contributed by atoms with Gasteiger partial charge in [0.05, 0.1) is 16.2 Å². The van der Waals surface area contributed by atoms with E-state index in [9.17, 15) is 9.59 Å². The van der Waals surface area contributed by atoms with Crippen molar-refractivity contribution in [2.75, 3.05) is 19.0 Å². The molecule has 0 saturated carbocycles. The zero-order chi connectivity index (χ0) is 17.2. The Morgan fingerprint density at radius 2 is 2.09 bits per heavy atom. The van der Waals surface area contributed by atoms with Crippen LogP contribution in [0.4, 0.5) is 5.69 Å². The van der Waals surface area contributed by atoms with Crippen LogP contribution in [-0.4, -0.2) is 42.0 Å². The van der Waals surface area contributed by atoms with Crippen molar-refractivity contribution < 1.29 is 14.3 Å². The lowest BCUT2D eigenvalue weighted by molar-refractivity contribution is -0.114. The quantitative estimate of drug-likeness (QED) is 0.919. The van der Waals surface area contributed by atoms with Gasteiger partial charge in [0.2, 0.25) is 5.91 Å². The van der Waals surface area contributed by atoms with E-state index >= 15 is 0 Å². The number of benzene rings is 1. The highest BCUT2D eigenvalue weighted by Gasteiger charge is 2.33. The van der Waals surface area contributed by atoms with E-state index in [0.717, 1.165) is 12.8 Å². The number of carbonyl (C=O) groups excluding carboxylic acids is 2. The molecule has 2 rings (SSSR count). The number of nitrogens with one attached hydrogen (secondary N) is 1. The van der Waals surface area contributed by atoms with Crippen molar-refractivity contribution in [3.63, 3.8) is 0 Å². The lowest BCUT2D eigenvalue weighted by atomic mass is 9.92. The summed E-state index contributed by atoms with van der Waals surface area (Å²) in [7, 11) is 1.79. The molecule has 0 radical (unpaired) electrons. The SMILES string of the molecule is CC(=O)Nc1ccc(Cl)c(C(=O)N(C)[C@H]2CCOC(C)(C)C2)c1. The third kappa shape index (κ3) is 4.45. The predicted octanol–water partition coefficient (Wildman–Crippen LogP) is 3.33. The van der Waals surface area contributed by atoms with E-state index < -0.39 is 0 Å². The van der Waals surface area contributed by atoms with Crippen LogP contribution in [0.15, 0.2) is 18.2 Å². The van der Waals surface area contributed by atoms with E-state index in [2.05, 4.69) is 5.32 Å². The van der Waals surface area contributed by atoms with E-state index in [1.807, 2.05) is 13.8 Å². The van der Waals surface area contributed by atoms with Crippen LogP contribution in [0.25, 0.3) is 0 Å². The number of hydrogen-bond acceptors (Lipinski definition) is 3. The van der Waals surface area contributed by atoms with Crippen molar-refractivity contribution in [2.24, 2.45) is 0 Å². The highest BCUT2D eigenvalue weighted by Crippen LogP contribution is 2.29. The van der Waals surface area contributed by atoms with Crippen LogP contribution in [0, 0.1) is 0 Å². The molecule has 1 atom stereocenters. The fraction of sp³-hybridized carbons (Fsp3) is 0.529. The van der Waals surface area contributed by atoms with Crippen LogP contribution < -0.4 is 5.32 Å². The Bertz CT molecular complexity index is 616. The van der Waals surface area contributed by atoms with Gasteiger partial charge in [0, 0.05) is 32.3 Å². The first-order valence-electron chi connectivity index (χ1n) is 7.68. The maximum absolute atomic E-state index is 12.8. The van der Waals surface area contributed by atoms with Crippen LogP contribution in [0.3, 0.4) is 0 Å². The minimum Gasteiger partial charge on any atom is -0.375 e. The molecule has 6 heteroatoms. The second kappa shape index (κ2) is 6.89. The number of ether oxygens (including phenoxy) is 1. The Kier molecular flexibility index (Phi) is 5.32. The summed E-state index contributed by atoms with van der Waals surface area (Å²) < 4.78 is 5.71. The highest BCUT2D eigenvalue weighted by atomic mass is 35.5. The topological polar surface area (TPSA) is 58.6 Å². The minimum atomic E-state index is -0.237. The number of nitrogens with zero attached hydrogens (tertiary/aromatic N) is 1. The van der Waals surface area contributed by atoms with Crippen molar-refractivity contribution in [3.05, 3.63) is 28.8 Å². The molecule has 1 fully saturated rings. The molecule has 1 aliphatic rings. The first kappa shape index (κ1) is 17.8. The fourth-order valence-corrected chi connectivity index (χ4v) is 3.05. The van der Waals surface area contributed by atoms with Crippen molar-refractivity contribution in [1.29, 1.82) is 0 Å². The summed E-state index contributed by atoms with van der Waals surface area (Å²) in [6.45, 7) is 6.12. The Balaban J connectivity index is 2.20. The van der Waals surface area contributed by atoms with Gasteiger partial charge in [0.15, 0.2) is 0 Å². The van der Waals surface area contributed by atoms with Crippen LogP contribution in [0.2, 0.25) is 5.02 Å². The molecule has 1 heterocycles. The second-order valence-corrected chi connectivity index (χ2v) is 6.95. The van der Waals surface area contributed by atoms with Gasteiger partial charge in [-0.1, -0.05) is 11.6 Å². The van der Waals surface area contributed by atoms with Crippen LogP contribution in [0.5, 0.6) is 0 Å².